The molecule has 4 N–H and O–H groups in total. The molecule has 0 saturated heterocycles. The number of benzene rings is 1. The monoisotopic (exact) mass is 687 g/mol. The number of hydrogen-bond donors (Lipinski definition) is 3. The number of ether oxygens (including phenoxy) is 6. The molecule has 0 spiro atoms. The normalized spacial score (nSPS) is 19.7. The summed E-state index contributed by atoms with van der Waals surface area (Å²) in [7, 11) is 1.21. The van der Waals surface area contributed by atoms with Gasteiger partial charge in [0.15, 0.2) is 0 Å². The molecule has 268 valence electrons. The molecular formula is C34H45N3O12. The molecule has 0 fully saturated rings. The van der Waals surface area contributed by atoms with Gasteiger partial charge in [-0.15, -0.1) is 0 Å². The van der Waals surface area contributed by atoms with Gasteiger partial charge in [-0.05, 0) is 59.1 Å². The van der Waals surface area contributed by atoms with Crippen LogP contribution in [0.2, 0.25) is 0 Å². The largest absolute Gasteiger partial charge is 0.466 e. The minimum Gasteiger partial charge on any atom is -0.466 e. The molecular weight excluding hydrogens is 642 g/mol. The Morgan fingerprint density at radius 2 is 1.49 bits per heavy atom. The number of hydrogen-bond acceptors (Lipinski definition) is 12. The number of fused-ring (bicyclic) bond motifs is 1. The van der Waals surface area contributed by atoms with Crippen LogP contribution in [0.4, 0.5) is 9.59 Å². The fourth-order valence-corrected chi connectivity index (χ4v) is 5.18. The van der Waals surface area contributed by atoms with Crippen molar-refractivity contribution >= 4 is 36.0 Å². The first-order chi connectivity index (χ1) is 22.9. The van der Waals surface area contributed by atoms with E-state index in [0.29, 0.717) is 5.57 Å². The number of nitrogens with one attached hydrogen (secondary N) is 2. The number of esters is 3. The summed E-state index contributed by atoms with van der Waals surface area (Å²) in [5.41, 5.74) is 4.97. The first-order valence-corrected chi connectivity index (χ1v) is 15.7. The fraction of sp³-hybridized carbons (Fsp3) is 0.529. The number of amides is 3. The van der Waals surface area contributed by atoms with Gasteiger partial charge < -0.3 is 44.8 Å². The fourth-order valence-electron chi connectivity index (χ4n) is 5.18. The van der Waals surface area contributed by atoms with E-state index < -0.39 is 83.8 Å². The summed E-state index contributed by atoms with van der Waals surface area (Å²) >= 11 is 0. The molecule has 1 aromatic rings. The Labute approximate surface area is 284 Å². The Bertz CT molecular complexity index is 1460. The Morgan fingerprint density at radius 3 is 2.04 bits per heavy atom. The summed E-state index contributed by atoms with van der Waals surface area (Å²) < 4.78 is 32.4. The van der Waals surface area contributed by atoms with E-state index in [1.54, 1.807) is 71.9 Å². The maximum atomic E-state index is 13.4. The number of nitrogens with two attached hydrogens (primary N) is 1. The van der Waals surface area contributed by atoms with Gasteiger partial charge >= 0.3 is 30.1 Å². The summed E-state index contributed by atoms with van der Waals surface area (Å²) in [6.07, 6.45) is -0.527. The molecule has 1 heterocycles. The van der Waals surface area contributed by atoms with E-state index in [1.165, 1.54) is 7.11 Å². The number of carbonyl (C=O) groups is 6. The molecule has 15 heteroatoms. The van der Waals surface area contributed by atoms with Gasteiger partial charge in [-0.25, -0.2) is 24.0 Å². The van der Waals surface area contributed by atoms with Crippen LogP contribution in [0.15, 0.2) is 53.8 Å². The van der Waals surface area contributed by atoms with Crippen LogP contribution in [0.5, 0.6) is 0 Å². The van der Waals surface area contributed by atoms with Crippen molar-refractivity contribution in [1.29, 1.82) is 0 Å². The lowest BCUT2D eigenvalue weighted by molar-refractivity contribution is -0.185. The molecule has 0 aromatic heterocycles. The average Bonchev–Trinajstić information content (AvgIpc) is 3.42. The van der Waals surface area contributed by atoms with Crippen LogP contribution in [0, 0.1) is 11.8 Å². The number of alkyl carbamates (subject to hydrolysis) is 2. The first-order valence-electron chi connectivity index (χ1n) is 15.7. The number of carbonyl (C=O) groups excluding carboxylic acids is 6. The van der Waals surface area contributed by atoms with Crippen molar-refractivity contribution in [2.45, 2.75) is 90.4 Å². The van der Waals surface area contributed by atoms with Gasteiger partial charge in [0.25, 0.3) is 6.29 Å². The maximum absolute atomic E-state index is 13.4. The third-order valence-corrected chi connectivity index (χ3v) is 7.19. The van der Waals surface area contributed by atoms with Crippen LogP contribution in [-0.2, 0) is 54.0 Å². The molecule has 0 radical (unpaired) electrons. The summed E-state index contributed by atoms with van der Waals surface area (Å²) in [5, 5.41) is 4.87. The predicted octanol–water partition coefficient (Wildman–Crippen LogP) is 2.95. The van der Waals surface area contributed by atoms with Gasteiger partial charge in [0.05, 0.1) is 31.3 Å². The van der Waals surface area contributed by atoms with Crippen molar-refractivity contribution in [2.24, 2.45) is 17.6 Å². The van der Waals surface area contributed by atoms with E-state index in [4.69, 9.17) is 34.2 Å². The SMILES string of the molecule is COC(=O)C1=COC(OC(=O)C(CC(N)=O)NC(=O)OC(C)(C)C)C2C(COC(=O)C(Cc3ccccc3)NC(=O)OC(C)(C)C)=CCC12. The third-order valence-electron chi connectivity index (χ3n) is 7.19. The number of allylic oxidation sites excluding steroid dienone is 1. The second-order valence-electron chi connectivity index (χ2n) is 13.5. The Kier molecular flexibility index (Phi) is 12.8. The quantitative estimate of drug-likeness (QED) is 0.165. The highest BCUT2D eigenvalue weighted by Gasteiger charge is 2.47. The molecule has 15 nitrogen and oxygen atoms in total. The van der Waals surface area contributed by atoms with E-state index in [9.17, 15) is 28.8 Å². The van der Waals surface area contributed by atoms with Crippen LogP contribution >= 0.6 is 0 Å². The smallest absolute Gasteiger partial charge is 0.408 e. The van der Waals surface area contributed by atoms with Crippen molar-refractivity contribution in [3.63, 3.8) is 0 Å². The van der Waals surface area contributed by atoms with Crippen molar-refractivity contribution in [2.75, 3.05) is 13.7 Å². The number of primary amides is 1. The number of methoxy groups -OCH3 is 1. The van der Waals surface area contributed by atoms with Gasteiger partial charge in [-0.3, -0.25) is 4.79 Å². The van der Waals surface area contributed by atoms with Crippen molar-refractivity contribution < 1.29 is 57.2 Å². The van der Waals surface area contributed by atoms with Crippen LogP contribution in [0.3, 0.4) is 0 Å². The van der Waals surface area contributed by atoms with E-state index >= 15 is 0 Å². The molecule has 5 unspecified atom stereocenters. The van der Waals surface area contributed by atoms with Crippen LogP contribution < -0.4 is 16.4 Å². The van der Waals surface area contributed by atoms with Crippen molar-refractivity contribution in [3.05, 3.63) is 59.4 Å². The lowest BCUT2D eigenvalue weighted by Gasteiger charge is -2.35. The topological polar surface area (TPSA) is 208 Å². The molecule has 1 aromatic carbocycles. The van der Waals surface area contributed by atoms with E-state index in [1.807, 2.05) is 6.07 Å². The zero-order valence-corrected chi connectivity index (χ0v) is 28.7. The summed E-state index contributed by atoms with van der Waals surface area (Å²) in [6.45, 7) is 9.62. The van der Waals surface area contributed by atoms with E-state index in [2.05, 4.69) is 10.6 Å². The number of rotatable bonds is 12. The van der Waals surface area contributed by atoms with E-state index in [-0.39, 0.29) is 25.0 Å². The van der Waals surface area contributed by atoms with Gasteiger partial charge in [-0.2, -0.15) is 0 Å². The molecule has 2 aliphatic rings. The Morgan fingerprint density at radius 1 is 0.898 bits per heavy atom. The zero-order chi connectivity index (χ0) is 36.5. The second kappa shape index (κ2) is 16.3. The Balaban J connectivity index is 1.81. The van der Waals surface area contributed by atoms with Crippen LogP contribution in [0.1, 0.15) is 59.9 Å². The minimum atomic E-state index is -1.52. The molecule has 3 amide bonds. The first kappa shape index (κ1) is 38.4. The highest BCUT2D eigenvalue weighted by Crippen LogP contribution is 2.44. The van der Waals surface area contributed by atoms with Crippen molar-refractivity contribution in [1.82, 2.24) is 10.6 Å². The Hall–Kier alpha value is -5.08. The highest BCUT2D eigenvalue weighted by molar-refractivity contribution is 5.90. The van der Waals surface area contributed by atoms with Crippen molar-refractivity contribution in [3.8, 4) is 0 Å². The van der Waals surface area contributed by atoms with Gasteiger partial charge in [0.1, 0.15) is 29.9 Å². The van der Waals surface area contributed by atoms with Gasteiger partial charge in [0.2, 0.25) is 5.91 Å². The van der Waals surface area contributed by atoms with Crippen LogP contribution in [0.25, 0.3) is 0 Å². The molecule has 1 aliphatic heterocycles. The minimum absolute atomic E-state index is 0.106. The zero-order valence-electron chi connectivity index (χ0n) is 28.7. The molecule has 49 heavy (non-hydrogen) atoms. The lowest BCUT2D eigenvalue weighted by atomic mass is 9.83. The summed E-state index contributed by atoms with van der Waals surface area (Å²) in [6, 6.07) is 6.35. The second-order valence-corrected chi connectivity index (χ2v) is 13.5. The van der Waals surface area contributed by atoms with Gasteiger partial charge in [-0.1, -0.05) is 36.4 Å². The predicted molar refractivity (Wildman–Crippen MR) is 172 cm³/mol. The standard InChI is InChI=1S/C34H45N3O12/c1-33(2,3)48-31(42)36-23(15-19-11-9-8-10-12-19)28(40)45-17-20-13-14-21-22(27(39)44-7)18-46-30(26(20)21)47-29(41)24(16-25(35)38)37-32(43)49-34(4,5)6/h8-13,18,21,23-24,26,30H,14-17H2,1-7H3,(H2,35,38)(H,36,42)(H,37,43). The average molecular weight is 688 g/mol. The maximum Gasteiger partial charge on any atom is 0.408 e. The highest BCUT2D eigenvalue weighted by atomic mass is 16.7. The van der Waals surface area contributed by atoms with E-state index in [0.717, 1.165) is 11.8 Å². The summed E-state index contributed by atoms with van der Waals surface area (Å²) in [5.74, 6) is -4.83. The third kappa shape index (κ3) is 11.8. The molecule has 0 saturated carbocycles. The van der Waals surface area contributed by atoms with Crippen LogP contribution in [-0.4, -0.2) is 79.3 Å². The summed E-state index contributed by atoms with van der Waals surface area (Å²) in [4.78, 5) is 76.1. The lowest BCUT2D eigenvalue weighted by Crippen LogP contribution is -2.48. The molecule has 0 bridgehead atoms. The molecule has 5 atom stereocenters. The molecule has 3 rings (SSSR count). The van der Waals surface area contributed by atoms with Gasteiger partial charge in [0, 0.05) is 12.3 Å². The molecule has 1 aliphatic carbocycles.